The van der Waals surface area contributed by atoms with Crippen LogP contribution in [-0.4, -0.2) is 4.57 Å². The van der Waals surface area contributed by atoms with E-state index in [4.69, 9.17) is 0 Å². The van der Waals surface area contributed by atoms with Gasteiger partial charge in [0.2, 0.25) is 0 Å². The molecule has 2 heteroatoms. The SMILES string of the molecule is CC1CC2CC(C1)CC(C)(c1ccc(N(c3ccc(C45CC6CC(CC(C6)C4)C5)cc3)c3ccc4c(c3)c3ccccc3n4-c3ccccc3)cc1)C2. The molecular formula is C51H54N2. The lowest BCUT2D eigenvalue weighted by molar-refractivity contribution is -0.00518. The molecule has 6 fully saturated rings. The van der Waals surface area contributed by atoms with Crippen LogP contribution in [0.25, 0.3) is 27.5 Å². The average Bonchev–Trinajstić information content (AvgIpc) is 3.48. The summed E-state index contributed by atoms with van der Waals surface area (Å²) in [6.07, 6.45) is 15.7. The van der Waals surface area contributed by atoms with E-state index in [0.29, 0.717) is 5.41 Å². The zero-order valence-electron chi connectivity index (χ0n) is 31.7. The second-order valence-corrected chi connectivity index (χ2v) is 19.0. The summed E-state index contributed by atoms with van der Waals surface area (Å²) in [7, 11) is 0. The van der Waals surface area contributed by atoms with Gasteiger partial charge < -0.3 is 9.47 Å². The van der Waals surface area contributed by atoms with Gasteiger partial charge in [-0.25, -0.2) is 0 Å². The van der Waals surface area contributed by atoms with Crippen molar-refractivity contribution < 1.29 is 0 Å². The molecule has 53 heavy (non-hydrogen) atoms. The molecule has 1 aromatic heterocycles. The Labute approximate surface area is 316 Å². The fraction of sp³-hybridized carbons (Fsp3) is 0.412. The Morgan fingerprint density at radius 2 is 1.00 bits per heavy atom. The standard InChI is InChI=1S/C51H54N2/c1-34-22-35-24-36(23-34)30-50(2,29-35)40-12-16-43(17-13-40)52(44-18-14-41(15-19-44)51-31-37-25-38(32-51)27-39(26-37)33-51)45-20-21-49-47(28-45)46-10-6-7-11-48(46)53(49)42-8-4-3-5-9-42/h3-21,28,34-39H,22-27,29-33H2,1-2H3. The highest BCUT2D eigenvalue weighted by atomic mass is 15.1. The number of nitrogens with zero attached hydrogens (tertiary/aromatic N) is 2. The van der Waals surface area contributed by atoms with E-state index >= 15 is 0 Å². The maximum absolute atomic E-state index is 2.56. The van der Waals surface area contributed by atoms with E-state index in [1.54, 1.807) is 5.56 Å². The molecule has 0 N–H and O–H groups in total. The number of rotatable bonds is 6. The molecule has 6 aliphatic rings. The van der Waals surface area contributed by atoms with Crippen LogP contribution < -0.4 is 4.90 Å². The number of hydrogen-bond donors (Lipinski definition) is 0. The van der Waals surface area contributed by atoms with Gasteiger partial charge in [0.1, 0.15) is 0 Å². The largest absolute Gasteiger partial charge is 0.310 e. The van der Waals surface area contributed by atoms with Gasteiger partial charge >= 0.3 is 0 Å². The highest BCUT2D eigenvalue weighted by Crippen LogP contribution is 2.61. The number of anilines is 3. The Bertz CT molecular complexity index is 2240. The van der Waals surface area contributed by atoms with E-state index in [0.717, 1.165) is 35.5 Å². The number of benzene rings is 5. The second kappa shape index (κ2) is 12.1. The fourth-order valence-electron chi connectivity index (χ4n) is 13.7. The zero-order valence-corrected chi connectivity index (χ0v) is 31.7. The van der Waals surface area contributed by atoms with E-state index in [-0.39, 0.29) is 5.41 Å². The van der Waals surface area contributed by atoms with E-state index in [1.807, 2.05) is 0 Å². The zero-order chi connectivity index (χ0) is 35.3. The summed E-state index contributed by atoms with van der Waals surface area (Å²) in [6.45, 7) is 5.05. The molecule has 0 aliphatic heterocycles. The van der Waals surface area contributed by atoms with Crippen LogP contribution in [0, 0.1) is 35.5 Å². The Hall–Kier alpha value is -4.30. The second-order valence-electron chi connectivity index (χ2n) is 19.0. The van der Waals surface area contributed by atoms with E-state index in [2.05, 4.69) is 145 Å². The van der Waals surface area contributed by atoms with Crippen LogP contribution in [0.5, 0.6) is 0 Å². The van der Waals surface area contributed by atoms with Crippen molar-refractivity contribution in [2.75, 3.05) is 4.90 Å². The Morgan fingerprint density at radius 1 is 0.491 bits per heavy atom. The lowest BCUT2D eigenvalue weighted by Crippen LogP contribution is -2.48. The van der Waals surface area contributed by atoms with Crippen LogP contribution in [0.15, 0.2) is 121 Å². The van der Waals surface area contributed by atoms with Crippen molar-refractivity contribution in [1.29, 1.82) is 0 Å². The molecule has 0 radical (unpaired) electrons. The monoisotopic (exact) mass is 694 g/mol. The highest BCUT2D eigenvalue weighted by Gasteiger charge is 2.51. The van der Waals surface area contributed by atoms with Crippen molar-refractivity contribution in [2.24, 2.45) is 35.5 Å². The third-order valence-electron chi connectivity index (χ3n) is 15.1. The maximum Gasteiger partial charge on any atom is 0.0542 e. The third kappa shape index (κ3) is 5.33. The molecule has 6 saturated carbocycles. The molecule has 2 nitrogen and oxygen atoms in total. The number of para-hydroxylation sites is 2. The quantitative estimate of drug-likeness (QED) is 0.168. The minimum atomic E-state index is 0.273. The Balaban J connectivity index is 1.01. The molecule has 6 aromatic rings. The highest BCUT2D eigenvalue weighted by molar-refractivity contribution is 6.10. The first-order valence-electron chi connectivity index (χ1n) is 21.0. The molecule has 6 aliphatic carbocycles. The Morgan fingerprint density at radius 3 is 1.62 bits per heavy atom. The first-order valence-corrected chi connectivity index (χ1v) is 21.0. The minimum Gasteiger partial charge on any atom is -0.310 e. The summed E-state index contributed by atoms with van der Waals surface area (Å²) in [5.74, 6) is 5.53. The summed E-state index contributed by atoms with van der Waals surface area (Å²) >= 11 is 0. The van der Waals surface area contributed by atoms with Gasteiger partial charge in [0.15, 0.2) is 0 Å². The molecule has 0 amide bonds. The van der Waals surface area contributed by atoms with Crippen LogP contribution >= 0.6 is 0 Å². The van der Waals surface area contributed by atoms with Crippen molar-refractivity contribution in [1.82, 2.24) is 4.57 Å². The number of hydrogen-bond acceptors (Lipinski definition) is 1. The minimum absolute atomic E-state index is 0.273. The molecule has 0 saturated heterocycles. The van der Waals surface area contributed by atoms with Crippen molar-refractivity contribution in [3.63, 3.8) is 0 Å². The number of aromatic nitrogens is 1. The smallest absolute Gasteiger partial charge is 0.0542 e. The summed E-state index contributed by atoms with van der Waals surface area (Å²) < 4.78 is 2.43. The van der Waals surface area contributed by atoms with Gasteiger partial charge in [0, 0.05) is 33.5 Å². The average molecular weight is 695 g/mol. The lowest BCUT2D eigenvalue weighted by Gasteiger charge is -2.57. The first kappa shape index (κ1) is 32.2. The fourth-order valence-corrected chi connectivity index (χ4v) is 13.7. The normalized spacial score (nSPS) is 31.7. The predicted molar refractivity (Wildman–Crippen MR) is 222 cm³/mol. The number of fused-ring (bicyclic) bond motifs is 5. The van der Waals surface area contributed by atoms with Gasteiger partial charge in [0.25, 0.3) is 0 Å². The third-order valence-corrected chi connectivity index (χ3v) is 15.1. The van der Waals surface area contributed by atoms with Crippen LogP contribution in [-0.2, 0) is 10.8 Å². The lowest BCUT2D eigenvalue weighted by atomic mass is 9.48. The van der Waals surface area contributed by atoms with E-state index in [1.165, 1.54) is 121 Å². The molecular weight excluding hydrogens is 641 g/mol. The van der Waals surface area contributed by atoms with Crippen molar-refractivity contribution >= 4 is 38.9 Å². The summed E-state index contributed by atoms with van der Waals surface area (Å²) in [4.78, 5) is 2.53. The molecule has 0 spiro atoms. The molecule has 5 aromatic carbocycles. The van der Waals surface area contributed by atoms with Gasteiger partial charge in [-0.1, -0.05) is 74.5 Å². The van der Waals surface area contributed by atoms with E-state index < -0.39 is 0 Å². The summed E-state index contributed by atoms with van der Waals surface area (Å²) in [5, 5.41) is 2.59. The molecule has 268 valence electrons. The van der Waals surface area contributed by atoms with Gasteiger partial charge in [0.05, 0.1) is 11.0 Å². The molecule has 2 unspecified atom stereocenters. The van der Waals surface area contributed by atoms with Gasteiger partial charge in [-0.15, -0.1) is 0 Å². The van der Waals surface area contributed by atoms with Gasteiger partial charge in [-0.2, -0.15) is 0 Å². The molecule has 1 heterocycles. The summed E-state index contributed by atoms with van der Waals surface area (Å²) in [6, 6.07) is 46.7. The van der Waals surface area contributed by atoms with Crippen LogP contribution in [0.4, 0.5) is 17.1 Å². The van der Waals surface area contributed by atoms with Crippen molar-refractivity contribution in [3.8, 4) is 5.69 Å². The van der Waals surface area contributed by atoms with Crippen LogP contribution in [0.1, 0.15) is 95.6 Å². The van der Waals surface area contributed by atoms with Gasteiger partial charge in [-0.05, 0) is 189 Å². The topological polar surface area (TPSA) is 8.17 Å². The van der Waals surface area contributed by atoms with Crippen LogP contribution in [0.3, 0.4) is 0 Å². The van der Waals surface area contributed by atoms with Crippen molar-refractivity contribution in [2.45, 2.75) is 95.3 Å². The Kier molecular flexibility index (Phi) is 7.35. The van der Waals surface area contributed by atoms with E-state index in [9.17, 15) is 0 Å². The molecule has 6 bridgehead atoms. The van der Waals surface area contributed by atoms with Crippen molar-refractivity contribution in [3.05, 3.63) is 132 Å². The summed E-state index contributed by atoms with van der Waals surface area (Å²) in [5.41, 5.74) is 11.2. The maximum atomic E-state index is 2.56. The van der Waals surface area contributed by atoms with Crippen LogP contribution in [0.2, 0.25) is 0 Å². The molecule has 2 atom stereocenters. The predicted octanol–water partition coefficient (Wildman–Crippen LogP) is 13.8. The first-order chi connectivity index (χ1) is 25.9. The van der Waals surface area contributed by atoms with Gasteiger partial charge in [-0.3, -0.25) is 0 Å². The molecule has 12 rings (SSSR count).